The van der Waals surface area contributed by atoms with E-state index < -0.39 is 0 Å². The van der Waals surface area contributed by atoms with Crippen molar-refractivity contribution in [3.05, 3.63) is 22.2 Å². The lowest BCUT2D eigenvalue weighted by atomic mass is 10.3. The van der Waals surface area contributed by atoms with Gasteiger partial charge in [-0.2, -0.15) is 0 Å². The molecule has 0 radical (unpaired) electrons. The Labute approximate surface area is 82.2 Å². The minimum absolute atomic E-state index is 0.00986. The Kier molecular flexibility index (Phi) is 3.64. The SMILES string of the molecule is CCc1nc(NC(C)CO)cc(=O)[nH]1. The molecule has 0 fully saturated rings. The lowest BCUT2D eigenvalue weighted by Gasteiger charge is -2.11. The fraction of sp³-hybridized carbons (Fsp3) is 0.556. The van der Waals surface area contributed by atoms with Crippen LogP contribution in [0.3, 0.4) is 0 Å². The molecule has 0 saturated carbocycles. The van der Waals surface area contributed by atoms with Crippen LogP contribution in [0, 0.1) is 0 Å². The van der Waals surface area contributed by atoms with Gasteiger partial charge >= 0.3 is 0 Å². The third-order valence-corrected chi connectivity index (χ3v) is 1.79. The van der Waals surface area contributed by atoms with Crippen molar-refractivity contribution in [2.45, 2.75) is 26.3 Å². The largest absolute Gasteiger partial charge is 0.394 e. The van der Waals surface area contributed by atoms with Crippen LogP contribution in [-0.4, -0.2) is 27.7 Å². The van der Waals surface area contributed by atoms with Gasteiger partial charge in [-0.05, 0) is 6.92 Å². The van der Waals surface area contributed by atoms with E-state index in [1.807, 2.05) is 13.8 Å². The second kappa shape index (κ2) is 4.76. The molecule has 5 nitrogen and oxygen atoms in total. The van der Waals surface area contributed by atoms with Crippen LogP contribution in [-0.2, 0) is 6.42 Å². The van der Waals surface area contributed by atoms with Crippen molar-refractivity contribution in [2.24, 2.45) is 0 Å². The zero-order chi connectivity index (χ0) is 10.6. The number of aliphatic hydroxyl groups is 1. The number of anilines is 1. The summed E-state index contributed by atoms with van der Waals surface area (Å²) in [4.78, 5) is 17.9. The highest BCUT2D eigenvalue weighted by atomic mass is 16.3. The first kappa shape index (κ1) is 10.7. The number of aryl methyl sites for hydroxylation is 1. The van der Waals surface area contributed by atoms with Crippen LogP contribution in [0.4, 0.5) is 5.82 Å². The summed E-state index contributed by atoms with van der Waals surface area (Å²) in [5.41, 5.74) is -0.176. The Morgan fingerprint density at radius 3 is 3.00 bits per heavy atom. The number of hydrogen-bond donors (Lipinski definition) is 3. The molecule has 0 aliphatic carbocycles. The summed E-state index contributed by atoms with van der Waals surface area (Å²) in [7, 11) is 0. The van der Waals surface area contributed by atoms with Crippen LogP contribution >= 0.6 is 0 Å². The molecule has 1 unspecified atom stereocenters. The number of aliphatic hydroxyl groups excluding tert-OH is 1. The number of nitrogens with zero attached hydrogens (tertiary/aromatic N) is 1. The molecule has 1 atom stereocenters. The third kappa shape index (κ3) is 2.85. The molecule has 0 spiro atoms. The van der Waals surface area contributed by atoms with E-state index in [1.165, 1.54) is 6.07 Å². The van der Waals surface area contributed by atoms with Gasteiger partial charge in [0.05, 0.1) is 6.61 Å². The van der Waals surface area contributed by atoms with E-state index in [0.29, 0.717) is 18.1 Å². The van der Waals surface area contributed by atoms with Crippen LogP contribution < -0.4 is 10.9 Å². The fourth-order valence-electron chi connectivity index (χ4n) is 1.05. The van der Waals surface area contributed by atoms with Crippen LogP contribution in [0.15, 0.2) is 10.9 Å². The molecule has 1 rings (SSSR count). The Balaban J connectivity index is 2.86. The van der Waals surface area contributed by atoms with Gasteiger partial charge < -0.3 is 15.4 Å². The summed E-state index contributed by atoms with van der Waals surface area (Å²) in [6.45, 7) is 3.74. The normalized spacial score (nSPS) is 12.5. The highest BCUT2D eigenvalue weighted by Crippen LogP contribution is 2.01. The Morgan fingerprint density at radius 1 is 1.71 bits per heavy atom. The minimum Gasteiger partial charge on any atom is -0.394 e. The molecular formula is C9H15N3O2. The van der Waals surface area contributed by atoms with E-state index in [1.54, 1.807) is 0 Å². The van der Waals surface area contributed by atoms with Crippen molar-refractivity contribution >= 4 is 5.82 Å². The maximum atomic E-state index is 11.1. The molecule has 5 heteroatoms. The Hall–Kier alpha value is -1.36. The second-order valence-electron chi connectivity index (χ2n) is 3.16. The van der Waals surface area contributed by atoms with Gasteiger partial charge in [0.15, 0.2) is 0 Å². The third-order valence-electron chi connectivity index (χ3n) is 1.79. The van der Waals surface area contributed by atoms with Gasteiger partial charge in [0.2, 0.25) is 0 Å². The van der Waals surface area contributed by atoms with Gasteiger partial charge in [0.25, 0.3) is 5.56 Å². The molecule has 1 aromatic rings. The van der Waals surface area contributed by atoms with Crippen molar-refractivity contribution in [1.82, 2.24) is 9.97 Å². The minimum atomic E-state index is -0.176. The van der Waals surface area contributed by atoms with Crippen LogP contribution in [0.1, 0.15) is 19.7 Å². The van der Waals surface area contributed by atoms with Crippen molar-refractivity contribution in [2.75, 3.05) is 11.9 Å². The Morgan fingerprint density at radius 2 is 2.43 bits per heavy atom. The summed E-state index contributed by atoms with van der Waals surface area (Å²) < 4.78 is 0. The van der Waals surface area contributed by atoms with Gasteiger partial charge in [-0.15, -0.1) is 0 Å². The molecule has 0 bridgehead atoms. The van der Waals surface area contributed by atoms with E-state index >= 15 is 0 Å². The van der Waals surface area contributed by atoms with Crippen LogP contribution in [0.25, 0.3) is 0 Å². The molecular weight excluding hydrogens is 182 g/mol. The molecule has 1 aromatic heterocycles. The second-order valence-corrected chi connectivity index (χ2v) is 3.16. The van der Waals surface area contributed by atoms with Crippen molar-refractivity contribution in [3.63, 3.8) is 0 Å². The first-order valence-electron chi connectivity index (χ1n) is 4.63. The maximum Gasteiger partial charge on any atom is 0.252 e. The molecule has 3 N–H and O–H groups in total. The van der Waals surface area contributed by atoms with Gasteiger partial charge in [-0.25, -0.2) is 4.98 Å². The van der Waals surface area contributed by atoms with Crippen molar-refractivity contribution < 1.29 is 5.11 Å². The molecule has 0 aliphatic heterocycles. The molecule has 78 valence electrons. The monoisotopic (exact) mass is 197 g/mol. The summed E-state index contributed by atoms with van der Waals surface area (Å²) in [6.07, 6.45) is 0.679. The zero-order valence-electron chi connectivity index (χ0n) is 8.37. The zero-order valence-corrected chi connectivity index (χ0v) is 8.37. The van der Waals surface area contributed by atoms with Gasteiger partial charge in [0, 0.05) is 18.5 Å². The fourth-order valence-corrected chi connectivity index (χ4v) is 1.05. The number of hydrogen-bond acceptors (Lipinski definition) is 4. The highest BCUT2D eigenvalue weighted by molar-refractivity contribution is 5.34. The predicted octanol–water partition coefficient (Wildman–Crippen LogP) is 0.125. The lowest BCUT2D eigenvalue weighted by molar-refractivity contribution is 0.281. The molecule has 0 aliphatic rings. The van der Waals surface area contributed by atoms with Gasteiger partial charge in [-0.3, -0.25) is 4.79 Å². The maximum absolute atomic E-state index is 11.1. The van der Waals surface area contributed by atoms with E-state index in [-0.39, 0.29) is 18.2 Å². The van der Waals surface area contributed by atoms with Gasteiger partial charge in [0.1, 0.15) is 11.6 Å². The topological polar surface area (TPSA) is 78.0 Å². The average molecular weight is 197 g/mol. The lowest BCUT2D eigenvalue weighted by Crippen LogP contribution is -2.22. The quantitative estimate of drug-likeness (QED) is 0.641. The van der Waals surface area contributed by atoms with Crippen molar-refractivity contribution in [1.29, 1.82) is 0 Å². The number of rotatable bonds is 4. The summed E-state index contributed by atoms with van der Waals surface area (Å²) in [6, 6.07) is 1.28. The number of H-pyrrole nitrogens is 1. The summed E-state index contributed by atoms with van der Waals surface area (Å²) in [5, 5.41) is 11.7. The smallest absolute Gasteiger partial charge is 0.252 e. The Bertz CT molecular complexity index is 348. The van der Waals surface area contributed by atoms with E-state index in [0.717, 1.165) is 0 Å². The predicted molar refractivity (Wildman–Crippen MR) is 54.4 cm³/mol. The van der Waals surface area contributed by atoms with Crippen LogP contribution in [0.2, 0.25) is 0 Å². The summed E-state index contributed by atoms with van der Waals surface area (Å²) in [5.74, 6) is 1.15. The van der Waals surface area contributed by atoms with Crippen molar-refractivity contribution in [3.8, 4) is 0 Å². The van der Waals surface area contributed by atoms with E-state index in [2.05, 4.69) is 15.3 Å². The highest BCUT2D eigenvalue weighted by Gasteiger charge is 2.03. The number of aromatic nitrogens is 2. The van der Waals surface area contributed by atoms with Crippen LogP contribution in [0.5, 0.6) is 0 Å². The number of aromatic amines is 1. The molecule has 0 amide bonds. The van der Waals surface area contributed by atoms with E-state index in [9.17, 15) is 4.79 Å². The first-order chi connectivity index (χ1) is 6.65. The summed E-state index contributed by atoms with van der Waals surface area (Å²) >= 11 is 0. The molecule has 14 heavy (non-hydrogen) atoms. The molecule has 0 saturated heterocycles. The standard InChI is InChI=1S/C9H15N3O2/c1-3-7-11-8(4-9(14)12-7)10-6(2)5-13/h4,6,13H,3,5H2,1-2H3,(H2,10,11,12,14). The van der Waals surface area contributed by atoms with Gasteiger partial charge in [-0.1, -0.05) is 6.92 Å². The molecule has 0 aromatic carbocycles. The average Bonchev–Trinajstić information content (AvgIpc) is 2.16. The molecule has 1 heterocycles. The van der Waals surface area contributed by atoms with E-state index in [4.69, 9.17) is 5.11 Å². The number of nitrogens with one attached hydrogen (secondary N) is 2. The first-order valence-corrected chi connectivity index (χ1v) is 4.63.